The van der Waals surface area contributed by atoms with Gasteiger partial charge >= 0.3 is 0 Å². The van der Waals surface area contributed by atoms with Gasteiger partial charge in [0.05, 0.1) is 0 Å². The predicted octanol–water partition coefficient (Wildman–Crippen LogP) is 1.32. The van der Waals surface area contributed by atoms with E-state index >= 15 is 0 Å². The summed E-state index contributed by atoms with van der Waals surface area (Å²) in [6.45, 7) is 6.39. The Hall–Kier alpha value is -1.10. The van der Waals surface area contributed by atoms with Gasteiger partial charge in [0, 0.05) is 25.6 Å². The van der Waals surface area contributed by atoms with E-state index in [9.17, 15) is 0 Å². The Balaban J connectivity index is 1.93. The minimum atomic E-state index is 0.352. The van der Waals surface area contributed by atoms with E-state index in [1.165, 1.54) is 6.42 Å². The molecule has 0 aliphatic carbocycles. The van der Waals surface area contributed by atoms with Crippen molar-refractivity contribution in [1.82, 2.24) is 15.2 Å². The topological polar surface area (TPSA) is 70.8 Å². The molecule has 1 fully saturated rings. The first kappa shape index (κ1) is 12.4. The Morgan fingerprint density at radius 1 is 1.47 bits per heavy atom. The van der Waals surface area contributed by atoms with Crippen molar-refractivity contribution in [3.63, 3.8) is 0 Å². The molecule has 2 rings (SSSR count). The van der Waals surface area contributed by atoms with Crippen molar-refractivity contribution in [1.29, 1.82) is 0 Å². The van der Waals surface area contributed by atoms with Gasteiger partial charge in [-0.1, -0.05) is 20.3 Å². The van der Waals surface area contributed by atoms with E-state index in [0.717, 1.165) is 44.1 Å². The summed E-state index contributed by atoms with van der Waals surface area (Å²) in [5.74, 6) is 2.50. The first-order valence-corrected chi connectivity index (χ1v) is 6.60. The van der Waals surface area contributed by atoms with Crippen molar-refractivity contribution >= 4 is 5.95 Å². The van der Waals surface area contributed by atoms with Crippen LogP contribution in [0.3, 0.4) is 0 Å². The number of nitrogens with two attached hydrogens (primary N) is 1. The van der Waals surface area contributed by atoms with Crippen molar-refractivity contribution < 1.29 is 0 Å². The maximum absolute atomic E-state index is 5.89. The molecular weight excluding hydrogens is 214 g/mol. The zero-order valence-corrected chi connectivity index (χ0v) is 10.8. The number of aromatic nitrogens is 3. The monoisotopic (exact) mass is 237 g/mol. The number of nitrogens with zero attached hydrogens (tertiary/aromatic N) is 3. The molecule has 0 radical (unpaired) electrons. The van der Waals surface area contributed by atoms with Crippen LogP contribution in [0.1, 0.15) is 38.9 Å². The lowest BCUT2D eigenvalue weighted by Gasteiger charge is -2.28. The number of piperidine rings is 1. The van der Waals surface area contributed by atoms with Gasteiger partial charge < -0.3 is 10.6 Å². The lowest BCUT2D eigenvalue weighted by atomic mass is 10.1. The molecule has 0 amide bonds. The summed E-state index contributed by atoms with van der Waals surface area (Å²) in [4.78, 5) is 6.79. The summed E-state index contributed by atoms with van der Waals surface area (Å²) in [7, 11) is 0. The number of nitrogens with one attached hydrogen (secondary N) is 1. The molecule has 1 unspecified atom stereocenters. The minimum Gasteiger partial charge on any atom is -0.339 e. The fourth-order valence-corrected chi connectivity index (χ4v) is 2.09. The first-order chi connectivity index (χ1) is 8.19. The van der Waals surface area contributed by atoms with Gasteiger partial charge in [0.15, 0.2) is 0 Å². The molecule has 2 heterocycles. The van der Waals surface area contributed by atoms with Crippen LogP contribution in [0.15, 0.2) is 0 Å². The molecular formula is C12H23N5. The second-order valence-electron chi connectivity index (χ2n) is 5.12. The smallest absolute Gasteiger partial charge is 0.244 e. The lowest BCUT2D eigenvalue weighted by molar-refractivity contribution is 0.495. The number of H-pyrrole nitrogens is 1. The highest BCUT2D eigenvalue weighted by Crippen LogP contribution is 2.16. The summed E-state index contributed by atoms with van der Waals surface area (Å²) in [6, 6.07) is 0.352. The second-order valence-corrected chi connectivity index (χ2v) is 5.12. The fourth-order valence-electron chi connectivity index (χ4n) is 2.09. The van der Waals surface area contributed by atoms with Gasteiger partial charge in [0.1, 0.15) is 5.82 Å². The molecule has 1 aliphatic rings. The number of rotatable bonds is 4. The van der Waals surface area contributed by atoms with Crippen LogP contribution in [0.25, 0.3) is 0 Å². The zero-order chi connectivity index (χ0) is 12.3. The van der Waals surface area contributed by atoms with Crippen molar-refractivity contribution in [3.8, 4) is 0 Å². The van der Waals surface area contributed by atoms with Gasteiger partial charge in [0.25, 0.3) is 0 Å². The van der Waals surface area contributed by atoms with Gasteiger partial charge in [-0.15, -0.1) is 5.10 Å². The molecule has 0 bridgehead atoms. The Kier molecular flexibility index (Phi) is 3.99. The van der Waals surface area contributed by atoms with E-state index in [1.807, 2.05) is 0 Å². The fraction of sp³-hybridized carbons (Fsp3) is 0.833. The van der Waals surface area contributed by atoms with E-state index in [0.29, 0.717) is 12.0 Å². The summed E-state index contributed by atoms with van der Waals surface area (Å²) >= 11 is 0. The van der Waals surface area contributed by atoms with Crippen LogP contribution in [0.5, 0.6) is 0 Å². The van der Waals surface area contributed by atoms with Crippen LogP contribution in [0.2, 0.25) is 0 Å². The quantitative estimate of drug-likeness (QED) is 0.828. The minimum absolute atomic E-state index is 0.352. The van der Waals surface area contributed by atoms with Gasteiger partial charge in [0.2, 0.25) is 5.95 Å². The van der Waals surface area contributed by atoms with E-state index in [-0.39, 0.29) is 0 Å². The average molecular weight is 237 g/mol. The number of hydrogen-bond donors (Lipinski definition) is 2. The second kappa shape index (κ2) is 5.49. The van der Waals surface area contributed by atoms with Crippen LogP contribution in [-0.2, 0) is 6.42 Å². The Labute approximate surface area is 103 Å². The normalized spacial score (nSPS) is 19.6. The lowest BCUT2D eigenvalue weighted by Crippen LogP contribution is -2.40. The van der Waals surface area contributed by atoms with E-state index in [2.05, 4.69) is 33.9 Å². The standard InChI is InChI=1S/C12H23N5/c1-3-9(2)8-11-14-12(16-15-11)17-6-4-10(13)5-7-17/h9-10H,3-8,13H2,1-2H3,(H,14,15,16). The van der Waals surface area contributed by atoms with E-state index < -0.39 is 0 Å². The van der Waals surface area contributed by atoms with Gasteiger partial charge in [-0.05, 0) is 18.8 Å². The predicted molar refractivity (Wildman–Crippen MR) is 69.0 cm³/mol. The summed E-state index contributed by atoms with van der Waals surface area (Å²) in [6.07, 6.45) is 4.23. The van der Waals surface area contributed by atoms with Crippen LogP contribution >= 0.6 is 0 Å². The molecule has 5 nitrogen and oxygen atoms in total. The van der Waals surface area contributed by atoms with Gasteiger partial charge in [-0.25, -0.2) is 0 Å². The van der Waals surface area contributed by atoms with Gasteiger partial charge in [-0.2, -0.15) is 4.98 Å². The molecule has 0 spiro atoms. The number of anilines is 1. The Morgan fingerprint density at radius 3 is 2.82 bits per heavy atom. The molecule has 1 aromatic heterocycles. The SMILES string of the molecule is CCC(C)Cc1nc(N2CCC(N)CC2)n[nH]1. The van der Waals surface area contributed by atoms with E-state index in [1.54, 1.807) is 0 Å². The third-order valence-electron chi connectivity index (χ3n) is 3.58. The summed E-state index contributed by atoms with van der Waals surface area (Å²) in [5.41, 5.74) is 5.89. The Morgan fingerprint density at radius 2 is 2.18 bits per heavy atom. The maximum Gasteiger partial charge on any atom is 0.244 e. The average Bonchev–Trinajstić information content (AvgIpc) is 2.78. The maximum atomic E-state index is 5.89. The highest BCUT2D eigenvalue weighted by Gasteiger charge is 2.19. The largest absolute Gasteiger partial charge is 0.339 e. The summed E-state index contributed by atoms with van der Waals surface area (Å²) < 4.78 is 0. The highest BCUT2D eigenvalue weighted by atomic mass is 15.4. The molecule has 96 valence electrons. The molecule has 17 heavy (non-hydrogen) atoms. The number of hydrogen-bond acceptors (Lipinski definition) is 4. The summed E-state index contributed by atoms with van der Waals surface area (Å²) in [5, 5.41) is 7.35. The zero-order valence-electron chi connectivity index (χ0n) is 10.8. The number of aromatic amines is 1. The van der Waals surface area contributed by atoms with Crippen molar-refractivity contribution in [2.45, 2.75) is 45.6 Å². The van der Waals surface area contributed by atoms with Crippen molar-refractivity contribution in [2.75, 3.05) is 18.0 Å². The molecule has 1 saturated heterocycles. The van der Waals surface area contributed by atoms with E-state index in [4.69, 9.17) is 5.73 Å². The van der Waals surface area contributed by atoms with Crippen LogP contribution in [0, 0.1) is 5.92 Å². The van der Waals surface area contributed by atoms with Gasteiger partial charge in [-0.3, -0.25) is 5.10 Å². The van der Waals surface area contributed by atoms with Crippen LogP contribution in [0.4, 0.5) is 5.95 Å². The van der Waals surface area contributed by atoms with Crippen LogP contribution in [-0.4, -0.2) is 34.3 Å². The van der Waals surface area contributed by atoms with Crippen LogP contribution < -0.4 is 10.6 Å². The molecule has 1 aromatic rings. The molecule has 3 N–H and O–H groups in total. The molecule has 5 heteroatoms. The first-order valence-electron chi connectivity index (χ1n) is 6.60. The molecule has 0 aromatic carbocycles. The molecule has 1 aliphatic heterocycles. The van der Waals surface area contributed by atoms with Crippen molar-refractivity contribution in [3.05, 3.63) is 5.82 Å². The molecule has 1 atom stereocenters. The third kappa shape index (κ3) is 3.19. The third-order valence-corrected chi connectivity index (χ3v) is 3.58. The highest BCUT2D eigenvalue weighted by molar-refractivity contribution is 5.29. The van der Waals surface area contributed by atoms with Crippen molar-refractivity contribution in [2.24, 2.45) is 11.7 Å². The molecule has 0 saturated carbocycles. The Bertz CT molecular complexity index is 340.